The number of hydrogen-bond acceptors (Lipinski definition) is 1. The van der Waals surface area contributed by atoms with Crippen molar-refractivity contribution in [2.24, 2.45) is 0 Å². The SMILES string of the molecule is Cc1ccc2c(c1)CCc1ccccc1N2c1cccc2c1CCCC2. The Morgan fingerprint density at radius 2 is 1.35 bits per heavy atom. The van der Waals surface area contributed by atoms with Gasteiger partial charge in [-0.3, -0.25) is 0 Å². The van der Waals surface area contributed by atoms with E-state index in [2.05, 4.69) is 72.5 Å². The van der Waals surface area contributed by atoms with Crippen molar-refractivity contribution in [3.05, 3.63) is 88.5 Å². The molecule has 3 aromatic rings. The molecule has 0 fully saturated rings. The van der Waals surface area contributed by atoms with Crippen LogP contribution < -0.4 is 4.90 Å². The molecule has 1 heterocycles. The molecule has 0 spiro atoms. The van der Waals surface area contributed by atoms with E-state index in [4.69, 9.17) is 0 Å². The van der Waals surface area contributed by atoms with Crippen molar-refractivity contribution < 1.29 is 0 Å². The molecule has 1 aliphatic carbocycles. The van der Waals surface area contributed by atoms with E-state index in [0.717, 1.165) is 12.8 Å². The maximum Gasteiger partial charge on any atom is 0.0496 e. The Morgan fingerprint density at radius 1 is 0.615 bits per heavy atom. The van der Waals surface area contributed by atoms with Gasteiger partial charge in [-0.2, -0.15) is 0 Å². The minimum Gasteiger partial charge on any atom is -0.310 e. The van der Waals surface area contributed by atoms with Crippen LogP contribution in [0.2, 0.25) is 0 Å². The summed E-state index contributed by atoms with van der Waals surface area (Å²) in [6, 6.07) is 22.8. The average Bonchev–Trinajstić information content (AvgIpc) is 2.84. The van der Waals surface area contributed by atoms with Crippen LogP contribution in [0, 0.1) is 6.92 Å². The minimum absolute atomic E-state index is 1.11. The summed E-state index contributed by atoms with van der Waals surface area (Å²) >= 11 is 0. The van der Waals surface area contributed by atoms with Crippen molar-refractivity contribution in [3.8, 4) is 0 Å². The van der Waals surface area contributed by atoms with Gasteiger partial charge in [-0.05, 0) is 85.9 Å². The fraction of sp³-hybridized carbons (Fsp3) is 0.280. The van der Waals surface area contributed by atoms with Crippen LogP contribution in [0.1, 0.15) is 40.7 Å². The van der Waals surface area contributed by atoms with Crippen molar-refractivity contribution in [1.29, 1.82) is 0 Å². The second kappa shape index (κ2) is 6.32. The molecular formula is C25H25N. The number of anilines is 3. The van der Waals surface area contributed by atoms with Crippen molar-refractivity contribution in [1.82, 2.24) is 0 Å². The van der Waals surface area contributed by atoms with Gasteiger partial charge in [0.05, 0.1) is 0 Å². The first-order chi connectivity index (χ1) is 12.8. The van der Waals surface area contributed by atoms with Crippen LogP contribution in [0.5, 0.6) is 0 Å². The number of benzene rings is 3. The standard InChI is InChI=1S/C25H25N/c1-18-13-16-24-21(17-18)15-14-20-8-3-5-11-23(20)26(24)25-12-6-9-19-7-2-4-10-22(19)25/h3,5-6,8-9,11-13,16-17H,2,4,7,10,14-15H2,1H3. The summed E-state index contributed by atoms with van der Waals surface area (Å²) in [4.78, 5) is 2.54. The molecule has 0 amide bonds. The van der Waals surface area contributed by atoms with Crippen LogP contribution in [0.15, 0.2) is 60.7 Å². The predicted molar refractivity (Wildman–Crippen MR) is 110 cm³/mol. The molecule has 2 aliphatic rings. The van der Waals surface area contributed by atoms with Crippen LogP contribution in [-0.4, -0.2) is 0 Å². The molecule has 0 unspecified atom stereocenters. The summed E-state index contributed by atoms with van der Waals surface area (Å²) in [7, 11) is 0. The van der Waals surface area contributed by atoms with Crippen molar-refractivity contribution in [2.75, 3.05) is 4.90 Å². The molecule has 26 heavy (non-hydrogen) atoms. The monoisotopic (exact) mass is 339 g/mol. The van der Waals surface area contributed by atoms with E-state index in [1.807, 2.05) is 0 Å². The molecule has 0 aromatic heterocycles. The number of aryl methyl sites for hydroxylation is 4. The van der Waals surface area contributed by atoms with Gasteiger partial charge in [-0.25, -0.2) is 0 Å². The number of para-hydroxylation sites is 1. The Morgan fingerprint density at radius 3 is 2.31 bits per heavy atom. The van der Waals surface area contributed by atoms with Gasteiger partial charge in [0, 0.05) is 17.1 Å². The van der Waals surface area contributed by atoms with Crippen LogP contribution in [0.25, 0.3) is 0 Å². The highest BCUT2D eigenvalue weighted by molar-refractivity contribution is 5.83. The lowest BCUT2D eigenvalue weighted by Gasteiger charge is -2.31. The largest absolute Gasteiger partial charge is 0.310 e. The van der Waals surface area contributed by atoms with E-state index in [-0.39, 0.29) is 0 Å². The Hall–Kier alpha value is -2.54. The van der Waals surface area contributed by atoms with Crippen molar-refractivity contribution in [2.45, 2.75) is 45.4 Å². The first-order valence-corrected chi connectivity index (χ1v) is 9.89. The molecule has 0 N–H and O–H groups in total. The second-order valence-corrected chi connectivity index (χ2v) is 7.72. The van der Waals surface area contributed by atoms with E-state index in [0.29, 0.717) is 0 Å². The van der Waals surface area contributed by atoms with E-state index in [9.17, 15) is 0 Å². The zero-order chi connectivity index (χ0) is 17.5. The summed E-state index contributed by atoms with van der Waals surface area (Å²) in [6.07, 6.45) is 7.27. The highest BCUT2D eigenvalue weighted by Gasteiger charge is 2.25. The summed E-state index contributed by atoms with van der Waals surface area (Å²) in [5.41, 5.74) is 11.5. The number of hydrogen-bond donors (Lipinski definition) is 0. The average molecular weight is 339 g/mol. The third kappa shape index (κ3) is 2.54. The maximum absolute atomic E-state index is 2.54. The molecule has 130 valence electrons. The normalized spacial score (nSPS) is 15.7. The molecule has 1 aliphatic heterocycles. The first kappa shape index (κ1) is 15.7. The maximum atomic E-state index is 2.54. The van der Waals surface area contributed by atoms with Gasteiger partial charge in [0.15, 0.2) is 0 Å². The van der Waals surface area contributed by atoms with E-state index < -0.39 is 0 Å². The van der Waals surface area contributed by atoms with Gasteiger partial charge < -0.3 is 4.90 Å². The zero-order valence-corrected chi connectivity index (χ0v) is 15.5. The van der Waals surface area contributed by atoms with Gasteiger partial charge in [0.25, 0.3) is 0 Å². The lowest BCUT2D eigenvalue weighted by Crippen LogP contribution is -2.16. The lowest BCUT2D eigenvalue weighted by molar-refractivity contribution is 0.686. The van der Waals surface area contributed by atoms with Gasteiger partial charge in [-0.1, -0.05) is 48.0 Å². The highest BCUT2D eigenvalue weighted by Crippen LogP contribution is 2.44. The van der Waals surface area contributed by atoms with E-state index in [1.165, 1.54) is 59.4 Å². The molecule has 3 aromatic carbocycles. The molecule has 5 rings (SSSR count). The van der Waals surface area contributed by atoms with Crippen molar-refractivity contribution in [3.63, 3.8) is 0 Å². The van der Waals surface area contributed by atoms with Crippen LogP contribution in [0.4, 0.5) is 17.1 Å². The molecule has 1 heteroatoms. The fourth-order valence-corrected chi connectivity index (χ4v) is 4.70. The third-order valence-electron chi connectivity index (χ3n) is 5.98. The van der Waals surface area contributed by atoms with Gasteiger partial charge in [0.2, 0.25) is 0 Å². The molecular weight excluding hydrogens is 314 g/mol. The Bertz CT molecular complexity index is 970. The topological polar surface area (TPSA) is 3.24 Å². The number of nitrogens with zero attached hydrogens (tertiary/aromatic N) is 1. The van der Waals surface area contributed by atoms with Gasteiger partial charge >= 0.3 is 0 Å². The minimum atomic E-state index is 1.11. The quantitative estimate of drug-likeness (QED) is 0.493. The molecule has 0 saturated heterocycles. The zero-order valence-electron chi connectivity index (χ0n) is 15.5. The first-order valence-electron chi connectivity index (χ1n) is 9.89. The molecule has 1 nitrogen and oxygen atoms in total. The molecule has 0 bridgehead atoms. The summed E-state index contributed by atoms with van der Waals surface area (Å²) < 4.78 is 0. The second-order valence-electron chi connectivity index (χ2n) is 7.72. The van der Waals surface area contributed by atoms with Crippen LogP contribution in [-0.2, 0) is 25.7 Å². The summed E-state index contributed by atoms with van der Waals surface area (Å²) in [5.74, 6) is 0. The highest BCUT2D eigenvalue weighted by atomic mass is 15.2. The lowest BCUT2D eigenvalue weighted by atomic mass is 9.89. The third-order valence-corrected chi connectivity index (χ3v) is 5.98. The Balaban J connectivity index is 1.78. The summed E-state index contributed by atoms with van der Waals surface area (Å²) in [5, 5.41) is 0. The van der Waals surface area contributed by atoms with Crippen molar-refractivity contribution >= 4 is 17.1 Å². The number of rotatable bonds is 1. The van der Waals surface area contributed by atoms with Gasteiger partial charge in [0.1, 0.15) is 0 Å². The van der Waals surface area contributed by atoms with Crippen LogP contribution in [0.3, 0.4) is 0 Å². The summed E-state index contributed by atoms with van der Waals surface area (Å²) in [6.45, 7) is 2.20. The Kier molecular flexibility index (Phi) is 3.81. The number of fused-ring (bicyclic) bond motifs is 3. The molecule has 0 radical (unpaired) electrons. The van der Waals surface area contributed by atoms with Crippen LogP contribution >= 0.6 is 0 Å². The van der Waals surface area contributed by atoms with E-state index >= 15 is 0 Å². The predicted octanol–water partition coefficient (Wildman–Crippen LogP) is 6.44. The fourth-order valence-electron chi connectivity index (χ4n) is 4.70. The smallest absolute Gasteiger partial charge is 0.0496 e. The molecule has 0 saturated carbocycles. The Labute approximate surface area is 156 Å². The van der Waals surface area contributed by atoms with E-state index in [1.54, 1.807) is 11.1 Å². The van der Waals surface area contributed by atoms with Gasteiger partial charge in [-0.15, -0.1) is 0 Å². The molecule has 0 atom stereocenters.